The molecular formula is C11H9BrFNO. The SMILES string of the molecule is Oc1c(Br)cccc1C1=CCCN=C1F. The highest BCUT2D eigenvalue weighted by Gasteiger charge is 2.16. The van der Waals surface area contributed by atoms with Crippen molar-refractivity contribution < 1.29 is 9.50 Å². The quantitative estimate of drug-likeness (QED) is 0.834. The smallest absolute Gasteiger partial charge is 0.216 e. The maximum atomic E-state index is 13.4. The Kier molecular flexibility index (Phi) is 2.86. The van der Waals surface area contributed by atoms with Gasteiger partial charge >= 0.3 is 0 Å². The average Bonchev–Trinajstić information content (AvgIpc) is 2.23. The number of rotatable bonds is 1. The van der Waals surface area contributed by atoms with E-state index in [2.05, 4.69) is 20.9 Å². The van der Waals surface area contributed by atoms with Gasteiger partial charge in [0.1, 0.15) is 5.75 Å². The lowest BCUT2D eigenvalue weighted by Gasteiger charge is -2.11. The molecule has 1 heterocycles. The van der Waals surface area contributed by atoms with Crippen LogP contribution in [0.4, 0.5) is 4.39 Å². The molecule has 0 fully saturated rings. The molecule has 2 rings (SSSR count). The van der Waals surface area contributed by atoms with Crippen LogP contribution in [0.1, 0.15) is 12.0 Å². The summed E-state index contributed by atoms with van der Waals surface area (Å²) in [5, 5.41) is 9.76. The van der Waals surface area contributed by atoms with Crippen molar-refractivity contribution >= 4 is 27.5 Å². The van der Waals surface area contributed by atoms with Crippen LogP contribution in [0.15, 0.2) is 33.7 Å². The lowest BCUT2D eigenvalue weighted by molar-refractivity contribution is 0.470. The maximum absolute atomic E-state index is 13.4. The number of hydrogen-bond donors (Lipinski definition) is 1. The molecule has 0 saturated carbocycles. The normalized spacial score (nSPS) is 15.9. The zero-order valence-corrected chi connectivity index (χ0v) is 9.46. The van der Waals surface area contributed by atoms with E-state index in [1.165, 1.54) is 0 Å². The van der Waals surface area contributed by atoms with Crippen LogP contribution in [-0.2, 0) is 0 Å². The summed E-state index contributed by atoms with van der Waals surface area (Å²) < 4.78 is 14.0. The van der Waals surface area contributed by atoms with E-state index in [1.807, 2.05) is 0 Å². The number of hydrogen-bond acceptors (Lipinski definition) is 2. The number of phenolic OH excluding ortho intramolecular Hbond substituents is 1. The predicted molar refractivity (Wildman–Crippen MR) is 61.8 cm³/mol. The molecule has 1 aromatic carbocycles. The second-order valence-electron chi connectivity index (χ2n) is 3.22. The Morgan fingerprint density at radius 2 is 2.20 bits per heavy atom. The highest BCUT2D eigenvalue weighted by molar-refractivity contribution is 9.10. The van der Waals surface area contributed by atoms with E-state index < -0.39 is 5.97 Å². The average molecular weight is 270 g/mol. The molecule has 0 radical (unpaired) electrons. The van der Waals surface area contributed by atoms with Gasteiger partial charge in [-0.05, 0) is 28.4 Å². The molecule has 4 heteroatoms. The molecule has 0 atom stereocenters. The van der Waals surface area contributed by atoms with E-state index in [0.29, 0.717) is 28.6 Å². The van der Waals surface area contributed by atoms with Crippen molar-refractivity contribution in [1.29, 1.82) is 0 Å². The van der Waals surface area contributed by atoms with Gasteiger partial charge in [-0.15, -0.1) is 0 Å². The standard InChI is InChI=1S/C11H9BrFNO/c12-9-5-1-3-7(10(9)15)8-4-2-6-14-11(8)13/h1,3-5,15H,2,6H2. The van der Waals surface area contributed by atoms with Crippen molar-refractivity contribution in [2.45, 2.75) is 6.42 Å². The summed E-state index contributed by atoms with van der Waals surface area (Å²) in [6, 6.07) is 5.13. The van der Waals surface area contributed by atoms with Crippen LogP contribution in [0, 0.1) is 0 Å². The van der Waals surface area contributed by atoms with Crippen LogP contribution in [0.5, 0.6) is 5.75 Å². The van der Waals surface area contributed by atoms with Crippen molar-refractivity contribution in [3.8, 4) is 5.75 Å². The van der Waals surface area contributed by atoms with Crippen LogP contribution in [0.2, 0.25) is 0 Å². The fourth-order valence-electron chi connectivity index (χ4n) is 1.49. The number of para-hydroxylation sites is 1. The van der Waals surface area contributed by atoms with Crippen LogP contribution in [0.3, 0.4) is 0 Å². The van der Waals surface area contributed by atoms with Crippen molar-refractivity contribution in [2.24, 2.45) is 4.99 Å². The minimum Gasteiger partial charge on any atom is -0.506 e. The van der Waals surface area contributed by atoms with Gasteiger partial charge in [0.25, 0.3) is 0 Å². The van der Waals surface area contributed by atoms with E-state index >= 15 is 0 Å². The maximum Gasteiger partial charge on any atom is 0.216 e. The van der Waals surface area contributed by atoms with Gasteiger partial charge in [0.2, 0.25) is 5.97 Å². The lowest BCUT2D eigenvalue weighted by atomic mass is 10.0. The second kappa shape index (κ2) is 4.14. The van der Waals surface area contributed by atoms with E-state index in [-0.39, 0.29) is 5.75 Å². The Labute approximate surface area is 95.3 Å². The number of benzene rings is 1. The monoisotopic (exact) mass is 269 g/mol. The third kappa shape index (κ3) is 1.95. The number of dihydropyridines is 1. The van der Waals surface area contributed by atoms with Gasteiger partial charge in [0.05, 0.1) is 4.47 Å². The lowest BCUT2D eigenvalue weighted by Crippen LogP contribution is -2.02. The van der Waals surface area contributed by atoms with Gasteiger partial charge in [0.15, 0.2) is 0 Å². The molecule has 2 nitrogen and oxygen atoms in total. The fraction of sp³-hybridized carbons (Fsp3) is 0.182. The first-order chi connectivity index (χ1) is 7.20. The van der Waals surface area contributed by atoms with Crippen molar-refractivity contribution in [2.75, 3.05) is 6.54 Å². The first kappa shape index (κ1) is 10.4. The van der Waals surface area contributed by atoms with Gasteiger partial charge in [-0.1, -0.05) is 18.2 Å². The molecule has 1 aliphatic heterocycles. The minimum atomic E-state index is -0.505. The van der Waals surface area contributed by atoms with E-state index in [4.69, 9.17) is 0 Å². The molecule has 0 spiro atoms. The van der Waals surface area contributed by atoms with Gasteiger partial charge in [-0.25, -0.2) is 0 Å². The molecule has 0 unspecified atom stereocenters. The predicted octanol–water partition coefficient (Wildman–Crippen LogP) is 3.31. The summed E-state index contributed by atoms with van der Waals surface area (Å²) in [5.74, 6) is -0.453. The van der Waals surface area contributed by atoms with E-state index in [0.717, 1.165) is 0 Å². The molecule has 0 aliphatic carbocycles. The van der Waals surface area contributed by atoms with E-state index in [1.54, 1.807) is 24.3 Å². The van der Waals surface area contributed by atoms with Gasteiger partial charge in [-0.2, -0.15) is 4.39 Å². The van der Waals surface area contributed by atoms with Crippen molar-refractivity contribution in [1.82, 2.24) is 0 Å². The van der Waals surface area contributed by atoms with Gasteiger partial charge in [0, 0.05) is 17.7 Å². The van der Waals surface area contributed by atoms with E-state index in [9.17, 15) is 9.50 Å². The summed E-state index contributed by atoms with van der Waals surface area (Å²) in [4.78, 5) is 3.71. The van der Waals surface area contributed by atoms with Gasteiger partial charge in [-0.3, -0.25) is 4.99 Å². The third-order valence-corrected chi connectivity index (χ3v) is 2.87. The molecular weight excluding hydrogens is 261 g/mol. The molecule has 1 aliphatic rings. The largest absolute Gasteiger partial charge is 0.506 e. The molecule has 0 bridgehead atoms. The van der Waals surface area contributed by atoms with Crippen LogP contribution >= 0.6 is 15.9 Å². The first-order valence-electron chi connectivity index (χ1n) is 4.58. The first-order valence-corrected chi connectivity index (χ1v) is 5.38. The second-order valence-corrected chi connectivity index (χ2v) is 4.07. The van der Waals surface area contributed by atoms with Crippen LogP contribution in [0.25, 0.3) is 5.57 Å². The topological polar surface area (TPSA) is 32.6 Å². The number of halogens is 2. The minimum absolute atomic E-state index is 0.0519. The van der Waals surface area contributed by atoms with Gasteiger partial charge < -0.3 is 5.11 Å². The number of aliphatic imine (C=N–C) groups is 1. The Bertz CT molecular complexity index is 454. The fourth-order valence-corrected chi connectivity index (χ4v) is 1.86. The Morgan fingerprint density at radius 3 is 2.93 bits per heavy atom. The number of allylic oxidation sites excluding steroid dienone is 1. The zero-order chi connectivity index (χ0) is 10.8. The van der Waals surface area contributed by atoms with Crippen LogP contribution in [-0.4, -0.2) is 17.6 Å². The summed E-state index contributed by atoms with van der Waals surface area (Å²) in [6.45, 7) is 0.476. The molecule has 78 valence electrons. The molecule has 0 aromatic heterocycles. The molecule has 1 aromatic rings. The number of nitrogens with zero attached hydrogens (tertiary/aromatic N) is 1. The highest BCUT2D eigenvalue weighted by atomic mass is 79.9. The Hall–Kier alpha value is -1.16. The molecule has 0 saturated heterocycles. The summed E-state index contributed by atoms with van der Waals surface area (Å²) >= 11 is 3.19. The number of phenols is 1. The van der Waals surface area contributed by atoms with Crippen LogP contribution < -0.4 is 0 Å². The molecule has 0 amide bonds. The van der Waals surface area contributed by atoms with Crippen molar-refractivity contribution in [3.63, 3.8) is 0 Å². The Balaban J connectivity index is 2.50. The summed E-state index contributed by atoms with van der Waals surface area (Å²) in [5.41, 5.74) is 0.852. The Morgan fingerprint density at radius 1 is 1.40 bits per heavy atom. The molecule has 1 N–H and O–H groups in total. The number of aromatic hydroxyl groups is 1. The summed E-state index contributed by atoms with van der Waals surface area (Å²) in [7, 11) is 0. The molecule has 15 heavy (non-hydrogen) atoms. The third-order valence-electron chi connectivity index (χ3n) is 2.23. The summed E-state index contributed by atoms with van der Waals surface area (Å²) in [6.07, 6.45) is 2.46. The highest BCUT2D eigenvalue weighted by Crippen LogP contribution is 2.34. The zero-order valence-electron chi connectivity index (χ0n) is 7.87. The van der Waals surface area contributed by atoms with Crippen molar-refractivity contribution in [3.05, 3.63) is 34.3 Å².